The molecule has 1 aliphatic rings. The van der Waals surface area contributed by atoms with Crippen LogP contribution in [0.2, 0.25) is 0 Å². The predicted octanol–water partition coefficient (Wildman–Crippen LogP) is 2.68. The van der Waals surface area contributed by atoms with E-state index < -0.39 is 0 Å². The second kappa shape index (κ2) is 6.26. The fraction of sp³-hybridized carbons (Fsp3) is 0.500. The monoisotopic (exact) mass is 288 g/mol. The van der Waals surface area contributed by atoms with Crippen LogP contribution in [-0.4, -0.2) is 30.5 Å². The summed E-state index contributed by atoms with van der Waals surface area (Å²) in [6.07, 6.45) is 2.58. The van der Waals surface area contributed by atoms with E-state index in [1.165, 1.54) is 5.56 Å². The highest BCUT2D eigenvalue weighted by atomic mass is 16.5. The van der Waals surface area contributed by atoms with Gasteiger partial charge in [0, 0.05) is 18.9 Å². The minimum atomic E-state index is 0.293. The van der Waals surface area contributed by atoms with Crippen molar-refractivity contribution < 1.29 is 14.0 Å². The van der Waals surface area contributed by atoms with Crippen molar-refractivity contribution in [3.8, 4) is 5.75 Å². The van der Waals surface area contributed by atoms with Crippen LogP contribution in [-0.2, 0) is 17.6 Å². The second-order valence-corrected chi connectivity index (χ2v) is 5.41. The fourth-order valence-electron chi connectivity index (χ4n) is 2.54. The third-order valence-electron chi connectivity index (χ3n) is 3.88. The molecule has 0 radical (unpaired) electrons. The molecule has 1 aliphatic heterocycles. The molecule has 0 amide bonds. The Morgan fingerprint density at radius 2 is 2.24 bits per heavy atom. The van der Waals surface area contributed by atoms with E-state index in [0.717, 1.165) is 43.0 Å². The zero-order valence-corrected chi connectivity index (χ0v) is 12.5. The van der Waals surface area contributed by atoms with Gasteiger partial charge >= 0.3 is 0 Å². The summed E-state index contributed by atoms with van der Waals surface area (Å²) < 4.78 is 16.0. The van der Waals surface area contributed by atoms with Crippen LogP contribution in [0.25, 0.3) is 0 Å². The molecule has 5 heteroatoms. The number of benzene rings is 1. The molecule has 112 valence electrons. The third-order valence-corrected chi connectivity index (χ3v) is 3.88. The Hall–Kier alpha value is -1.88. The van der Waals surface area contributed by atoms with Gasteiger partial charge in [-0.15, -0.1) is 0 Å². The molecule has 0 spiro atoms. The van der Waals surface area contributed by atoms with Crippen molar-refractivity contribution in [2.24, 2.45) is 0 Å². The molecule has 1 atom stereocenters. The van der Waals surface area contributed by atoms with Crippen molar-refractivity contribution in [1.29, 1.82) is 0 Å². The maximum absolute atomic E-state index is 5.35. The van der Waals surface area contributed by atoms with Gasteiger partial charge in [0.15, 0.2) is 5.82 Å². The van der Waals surface area contributed by atoms with E-state index in [9.17, 15) is 0 Å². The van der Waals surface area contributed by atoms with Gasteiger partial charge in [-0.05, 0) is 37.0 Å². The molecule has 0 bridgehead atoms. The summed E-state index contributed by atoms with van der Waals surface area (Å²) in [7, 11) is 1.69. The number of ether oxygens (including phenoxy) is 2. The fourth-order valence-corrected chi connectivity index (χ4v) is 2.54. The molecular formula is C16H20N2O3. The van der Waals surface area contributed by atoms with Gasteiger partial charge in [0.2, 0.25) is 5.89 Å². The molecule has 1 saturated heterocycles. The quantitative estimate of drug-likeness (QED) is 0.846. The normalized spacial score (nSPS) is 18.1. The van der Waals surface area contributed by atoms with E-state index in [1.807, 2.05) is 6.92 Å². The number of hydrogen-bond acceptors (Lipinski definition) is 5. The van der Waals surface area contributed by atoms with E-state index in [2.05, 4.69) is 28.3 Å². The Bertz CT molecular complexity index is 603. The first-order valence-corrected chi connectivity index (χ1v) is 7.30. The van der Waals surface area contributed by atoms with Gasteiger partial charge in [0.1, 0.15) is 5.75 Å². The molecule has 2 heterocycles. The molecule has 0 aliphatic carbocycles. The van der Waals surface area contributed by atoms with Crippen LogP contribution in [0.1, 0.15) is 35.2 Å². The lowest BCUT2D eigenvalue weighted by Crippen LogP contribution is -2.00. The first-order chi connectivity index (χ1) is 10.3. The van der Waals surface area contributed by atoms with E-state index in [-0.39, 0.29) is 0 Å². The number of methoxy groups -OCH3 is 1. The largest absolute Gasteiger partial charge is 0.496 e. The van der Waals surface area contributed by atoms with Crippen LogP contribution < -0.4 is 4.74 Å². The highest BCUT2D eigenvalue weighted by Gasteiger charge is 2.22. The lowest BCUT2D eigenvalue weighted by atomic mass is 10.1. The zero-order valence-electron chi connectivity index (χ0n) is 12.5. The minimum absolute atomic E-state index is 0.293. The van der Waals surface area contributed by atoms with Gasteiger partial charge in [0.05, 0.1) is 13.7 Å². The van der Waals surface area contributed by atoms with Crippen molar-refractivity contribution >= 4 is 0 Å². The molecule has 1 aromatic heterocycles. The van der Waals surface area contributed by atoms with E-state index in [0.29, 0.717) is 18.4 Å². The summed E-state index contributed by atoms with van der Waals surface area (Å²) in [6, 6.07) is 6.25. The van der Waals surface area contributed by atoms with E-state index >= 15 is 0 Å². The molecule has 0 unspecified atom stereocenters. The van der Waals surface area contributed by atoms with Crippen LogP contribution >= 0.6 is 0 Å². The molecule has 1 aromatic carbocycles. The van der Waals surface area contributed by atoms with Crippen LogP contribution in [0.3, 0.4) is 0 Å². The summed E-state index contributed by atoms with van der Waals surface area (Å²) in [5.41, 5.74) is 2.35. The Morgan fingerprint density at radius 1 is 1.33 bits per heavy atom. The number of hydrogen-bond donors (Lipinski definition) is 0. The Morgan fingerprint density at radius 3 is 3.00 bits per heavy atom. The summed E-state index contributed by atoms with van der Waals surface area (Å²) in [5, 5.41) is 4.07. The van der Waals surface area contributed by atoms with Gasteiger partial charge in [0.25, 0.3) is 0 Å². The highest BCUT2D eigenvalue weighted by molar-refractivity contribution is 5.36. The molecule has 5 nitrogen and oxygen atoms in total. The maximum atomic E-state index is 5.35. The van der Waals surface area contributed by atoms with Crippen molar-refractivity contribution in [3.63, 3.8) is 0 Å². The van der Waals surface area contributed by atoms with Crippen molar-refractivity contribution in [1.82, 2.24) is 10.1 Å². The Kier molecular flexibility index (Phi) is 4.20. The standard InChI is InChI=1S/C16H20N2O3/c1-11-3-4-12(9-14(11)19-2)5-6-15-17-16(18-21-15)13-7-8-20-10-13/h3-4,9,13H,5-8,10H2,1-2H3/t13-/m0/s1. The number of aryl methyl sites for hydroxylation is 3. The maximum Gasteiger partial charge on any atom is 0.226 e. The first kappa shape index (κ1) is 14.1. The van der Waals surface area contributed by atoms with Gasteiger partial charge in [-0.2, -0.15) is 4.98 Å². The highest BCUT2D eigenvalue weighted by Crippen LogP contribution is 2.23. The molecule has 2 aromatic rings. The van der Waals surface area contributed by atoms with Gasteiger partial charge in [-0.1, -0.05) is 17.3 Å². The van der Waals surface area contributed by atoms with Crippen LogP contribution in [0.15, 0.2) is 22.7 Å². The molecule has 1 fully saturated rings. The van der Waals surface area contributed by atoms with Gasteiger partial charge in [-0.25, -0.2) is 0 Å². The predicted molar refractivity (Wildman–Crippen MR) is 77.6 cm³/mol. The topological polar surface area (TPSA) is 57.4 Å². The number of nitrogens with zero attached hydrogens (tertiary/aromatic N) is 2. The number of rotatable bonds is 5. The van der Waals surface area contributed by atoms with Crippen LogP contribution in [0.4, 0.5) is 0 Å². The average molecular weight is 288 g/mol. The number of aromatic nitrogens is 2. The molecule has 21 heavy (non-hydrogen) atoms. The summed E-state index contributed by atoms with van der Waals surface area (Å²) in [4.78, 5) is 4.48. The molecule has 0 saturated carbocycles. The summed E-state index contributed by atoms with van der Waals surface area (Å²) >= 11 is 0. The lowest BCUT2D eigenvalue weighted by Gasteiger charge is -2.06. The second-order valence-electron chi connectivity index (χ2n) is 5.41. The van der Waals surface area contributed by atoms with Crippen LogP contribution in [0, 0.1) is 6.92 Å². The molecule has 0 N–H and O–H groups in total. The molecule has 3 rings (SSSR count). The first-order valence-electron chi connectivity index (χ1n) is 7.30. The van der Waals surface area contributed by atoms with Gasteiger partial charge < -0.3 is 14.0 Å². The van der Waals surface area contributed by atoms with Crippen molar-refractivity contribution in [2.75, 3.05) is 20.3 Å². The van der Waals surface area contributed by atoms with Crippen molar-refractivity contribution in [2.45, 2.75) is 32.1 Å². The summed E-state index contributed by atoms with van der Waals surface area (Å²) in [5.74, 6) is 2.68. The van der Waals surface area contributed by atoms with Crippen LogP contribution in [0.5, 0.6) is 5.75 Å². The average Bonchev–Trinajstić information content (AvgIpc) is 3.17. The van der Waals surface area contributed by atoms with Gasteiger partial charge in [-0.3, -0.25) is 0 Å². The lowest BCUT2D eigenvalue weighted by molar-refractivity contribution is 0.192. The van der Waals surface area contributed by atoms with Crippen molar-refractivity contribution in [3.05, 3.63) is 41.0 Å². The summed E-state index contributed by atoms with van der Waals surface area (Å²) in [6.45, 7) is 3.53. The smallest absolute Gasteiger partial charge is 0.226 e. The Labute approximate surface area is 124 Å². The minimum Gasteiger partial charge on any atom is -0.496 e. The van der Waals surface area contributed by atoms with E-state index in [1.54, 1.807) is 7.11 Å². The Balaban J connectivity index is 1.62. The SMILES string of the molecule is COc1cc(CCc2nc([C@H]3CCOC3)no2)ccc1C. The molecular weight excluding hydrogens is 268 g/mol. The van der Waals surface area contributed by atoms with E-state index in [4.69, 9.17) is 14.0 Å². The third kappa shape index (κ3) is 3.24. The zero-order chi connectivity index (χ0) is 14.7.